The summed E-state index contributed by atoms with van der Waals surface area (Å²) in [5.41, 5.74) is 0.971. The predicted molar refractivity (Wildman–Crippen MR) is 136 cm³/mol. The number of methoxy groups -OCH3 is 4. The summed E-state index contributed by atoms with van der Waals surface area (Å²) in [7, 11) is 5.70. The summed E-state index contributed by atoms with van der Waals surface area (Å²) in [6, 6.07) is 10.3. The number of ketones is 1. The highest BCUT2D eigenvalue weighted by molar-refractivity contribution is 7.17. The van der Waals surface area contributed by atoms with Gasteiger partial charge in [-0.3, -0.25) is 14.5 Å². The Morgan fingerprint density at radius 2 is 1.65 bits per heavy atom. The molecule has 1 saturated heterocycles. The minimum absolute atomic E-state index is 0.105. The lowest BCUT2D eigenvalue weighted by atomic mass is 9.95. The van der Waals surface area contributed by atoms with Gasteiger partial charge in [0.25, 0.3) is 5.78 Å². The van der Waals surface area contributed by atoms with Gasteiger partial charge < -0.3 is 24.1 Å². The fourth-order valence-electron chi connectivity index (χ4n) is 4.04. The summed E-state index contributed by atoms with van der Waals surface area (Å²) in [6.45, 7) is 1.60. The van der Waals surface area contributed by atoms with Gasteiger partial charge in [0.1, 0.15) is 16.4 Å². The van der Waals surface area contributed by atoms with Crippen molar-refractivity contribution in [3.05, 3.63) is 69.7 Å². The standard InChI is InChI=1S/C26H24N2O8S/c1-13-23(25(32)36-5)37-26(27-13)28-20(15-8-11-17(34-3)18(12-15)35-4)19(22(30)24(28)31)21(29)14-6-9-16(33-2)10-7-14/h6-12,20,29H,1-5H3/t20-/m0/s1. The second-order valence-corrected chi connectivity index (χ2v) is 8.89. The quantitative estimate of drug-likeness (QED) is 0.212. The zero-order chi connectivity index (χ0) is 26.9. The molecule has 0 radical (unpaired) electrons. The molecular formula is C26H24N2O8S. The molecule has 1 atom stereocenters. The van der Waals surface area contributed by atoms with Crippen molar-refractivity contribution in [3.63, 3.8) is 0 Å². The van der Waals surface area contributed by atoms with Crippen LogP contribution in [0.4, 0.5) is 5.13 Å². The molecule has 1 amide bonds. The molecule has 1 aliphatic rings. The third-order valence-corrected chi connectivity index (χ3v) is 7.03. The number of carbonyl (C=O) groups excluding carboxylic acids is 3. The third-order valence-electron chi connectivity index (χ3n) is 5.89. The number of rotatable bonds is 7. The van der Waals surface area contributed by atoms with Crippen molar-refractivity contribution in [1.29, 1.82) is 0 Å². The Morgan fingerprint density at radius 1 is 0.973 bits per heavy atom. The van der Waals surface area contributed by atoms with Gasteiger partial charge in [0.15, 0.2) is 16.6 Å². The van der Waals surface area contributed by atoms with Crippen molar-refractivity contribution >= 4 is 39.9 Å². The summed E-state index contributed by atoms with van der Waals surface area (Å²) in [5.74, 6) is -1.43. The molecule has 2 aromatic carbocycles. The van der Waals surface area contributed by atoms with Crippen LogP contribution >= 0.6 is 11.3 Å². The second-order valence-electron chi connectivity index (χ2n) is 7.91. The molecule has 1 aromatic heterocycles. The lowest BCUT2D eigenvalue weighted by molar-refractivity contribution is -0.132. The number of carbonyl (C=O) groups is 3. The summed E-state index contributed by atoms with van der Waals surface area (Å²) in [4.78, 5) is 44.7. The first-order valence-corrected chi connectivity index (χ1v) is 11.8. The molecule has 0 unspecified atom stereocenters. The van der Waals surface area contributed by atoms with Crippen LogP contribution in [0.1, 0.15) is 32.5 Å². The van der Waals surface area contributed by atoms with Gasteiger partial charge in [-0.25, -0.2) is 9.78 Å². The first kappa shape index (κ1) is 25.7. The Labute approximate surface area is 216 Å². The Morgan fingerprint density at radius 3 is 2.24 bits per heavy atom. The third kappa shape index (κ3) is 4.49. The van der Waals surface area contributed by atoms with Crippen molar-refractivity contribution in [2.75, 3.05) is 33.3 Å². The average molecular weight is 525 g/mol. The monoisotopic (exact) mass is 524 g/mol. The van der Waals surface area contributed by atoms with Crippen molar-refractivity contribution in [3.8, 4) is 17.2 Å². The largest absolute Gasteiger partial charge is 0.507 e. The van der Waals surface area contributed by atoms with Crippen molar-refractivity contribution in [2.24, 2.45) is 0 Å². The first-order chi connectivity index (χ1) is 17.7. The molecule has 1 aliphatic heterocycles. The number of Topliss-reactive ketones (excluding diaryl/α,β-unsaturated/α-hetero) is 1. The first-order valence-electron chi connectivity index (χ1n) is 11.0. The van der Waals surface area contributed by atoms with Gasteiger partial charge in [-0.05, 0) is 48.9 Å². The van der Waals surface area contributed by atoms with E-state index in [1.54, 1.807) is 49.4 Å². The number of nitrogens with zero attached hydrogens (tertiary/aromatic N) is 2. The van der Waals surface area contributed by atoms with E-state index >= 15 is 0 Å². The fraction of sp³-hybridized carbons (Fsp3) is 0.231. The van der Waals surface area contributed by atoms with E-state index in [2.05, 4.69) is 4.98 Å². The van der Waals surface area contributed by atoms with E-state index in [4.69, 9.17) is 18.9 Å². The Balaban J connectivity index is 1.95. The number of ether oxygens (including phenoxy) is 4. The van der Waals surface area contributed by atoms with Crippen molar-refractivity contribution in [2.45, 2.75) is 13.0 Å². The van der Waals surface area contributed by atoms with E-state index in [1.807, 2.05) is 0 Å². The number of benzene rings is 2. The van der Waals surface area contributed by atoms with Crippen LogP contribution in [-0.4, -0.2) is 56.2 Å². The molecule has 1 N–H and O–H groups in total. The highest BCUT2D eigenvalue weighted by Crippen LogP contribution is 2.45. The molecule has 3 aromatic rings. The number of aliphatic hydroxyl groups excluding tert-OH is 1. The second kappa shape index (κ2) is 10.3. The summed E-state index contributed by atoms with van der Waals surface area (Å²) in [6.07, 6.45) is 0. The topological polar surface area (TPSA) is 124 Å². The van der Waals surface area contributed by atoms with Crippen LogP contribution in [-0.2, 0) is 14.3 Å². The van der Waals surface area contributed by atoms with Gasteiger partial charge in [-0.2, -0.15) is 0 Å². The number of amides is 1. The average Bonchev–Trinajstić information content (AvgIpc) is 3.43. The molecule has 1 fully saturated rings. The number of esters is 1. The number of thiazole rings is 1. The molecule has 11 heteroatoms. The Hall–Kier alpha value is -4.38. The normalized spacial score (nSPS) is 16.6. The van der Waals surface area contributed by atoms with Gasteiger partial charge in [0.2, 0.25) is 0 Å². The van der Waals surface area contributed by atoms with E-state index in [0.717, 1.165) is 11.3 Å². The number of anilines is 1. The van der Waals surface area contributed by atoms with Crippen molar-refractivity contribution < 1.29 is 38.4 Å². The number of hydrogen-bond donors (Lipinski definition) is 1. The molecule has 0 aliphatic carbocycles. The maximum absolute atomic E-state index is 13.4. The fourth-order valence-corrected chi connectivity index (χ4v) is 5.05. The molecule has 37 heavy (non-hydrogen) atoms. The molecule has 4 rings (SSSR count). The SMILES string of the molecule is COC(=O)c1sc(N2C(=O)C(=O)C(=C(O)c3ccc(OC)cc3)[C@@H]2c2ccc(OC)c(OC)c2)nc1C. The maximum Gasteiger partial charge on any atom is 0.350 e. The molecule has 0 bridgehead atoms. The molecule has 0 spiro atoms. The Kier molecular flexibility index (Phi) is 7.16. The van der Waals surface area contributed by atoms with Crippen LogP contribution in [0.25, 0.3) is 5.76 Å². The van der Waals surface area contributed by atoms with Crippen LogP contribution in [0.3, 0.4) is 0 Å². The summed E-state index contributed by atoms with van der Waals surface area (Å²) >= 11 is 0.916. The van der Waals surface area contributed by atoms with Gasteiger partial charge in [-0.1, -0.05) is 17.4 Å². The summed E-state index contributed by atoms with van der Waals surface area (Å²) in [5, 5.41) is 11.4. The molecule has 2 heterocycles. The number of aromatic nitrogens is 1. The van der Waals surface area contributed by atoms with E-state index in [9.17, 15) is 19.5 Å². The maximum atomic E-state index is 13.4. The molecule has 192 valence electrons. The van der Waals surface area contributed by atoms with E-state index < -0.39 is 23.7 Å². The van der Waals surface area contributed by atoms with Crippen molar-refractivity contribution in [1.82, 2.24) is 4.98 Å². The van der Waals surface area contributed by atoms with Crippen LogP contribution < -0.4 is 19.1 Å². The molecule has 10 nitrogen and oxygen atoms in total. The number of hydrogen-bond acceptors (Lipinski definition) is 10. The minimum atomic E-state index is -1.07. The zero-order valence-electron chi connectivity index (χ0n) is 20.7. The Bertz CT molecular complexity index is 1410. The van der Waals surface area contributed by atoms with Crippen LogP contribution in [0.2, 0.25) is 0 Å². The summed E-state index contributed by atoms with van der Waals surface area (Å²) < 4.78 is 20.7. The highest BCUT2D eigenvalue weighted by atomic mass is 32.1. The van der Waals surface area contributed by atoms with E-state index in [-0.39, 0.29) is 21.3 Å². The van der Waals surface area contributed by atoms with Gasteiger partial charge in [-0.15, -0.1) is 0 Å². The smallest absolute Gasteiger partial charge is 0.350 e. The predicted octanol–water partition coefficient (Wildman–Crippen LogP) is 3.89. The van der Waals surface area contributed by atoms with E-state index in [0.29, 0.717) is 34.1 Å². The highest BCUT2D eigenvalue weighted by Gasteiger charge is 2.48. The zero-order valence-corrected chi connectivity index (χ0v) is 21.5. The van der Waals surface area contributed by atoms with Crippen LogP contribution in [0.5, 0.6) is 17.2 Å². The molecule has 0 saturated carbocycles. The van der Waals surface area contributed by atoms with Gasteiger partial charge in [0.05, 0.1) is 45.7 Å². The molecular weight excluding hydrogens is 500 g/mol. The van der Waals surface area contributed by atoms with Crippen LogP contribution in [0.15, 0.2) is 48.0 Å². The lowest BCUT2D eigenvalue weighted by Gasteiger charge is -2.23. The van der Waals surface area contributed by atoms with Gasteiger partial charge >= 0.3 is 11.9 Å². The lowest BCUT2D eigenvalue weighted by Crippen LogP contribution is -2.29. The van der Waals surface area contributed by atoms with Gasteiger partial charge in [0, 0.05) is 5.56 Å². The van der Waals surface area contributed by atoms with E-state index in [1.165, 1.54) is 33.3 Å². The van der Waals surface area contributed by atoms with Crippen LogP contribution in [0, 0.1) is 6.92 Å². The number of aryl methyl sites for hydroxylation is 1. The number of aliphatic hydroxyl groups is 1. The minimum Gasteiger partial charge on any atom is -0.507 e.